The van der Waals surface area contributed by atoms with Crippen molar-refractivity contribution in [2.75, 3.05) is 0 Å². The molecule has 1 aliphatic heterocycles. The molecule has 5 rings (SSSR count). The maximum atomic E-state index is 14.4. The van der Waals surface area contributed by atoms with Gasteiger partial charge in [0.05, 0.1) is 12.6 Å². The molecule has 1 aromatic heterocycles. The van der Waals surface area contributed by atoms with E-state index in [4.69, 9.17) is 4.99 Å². The Labute approximate surface area is 266 Å². The zero-order chi connectivity index (χ0) is 33.1. The fourth-order valence-electron chi connectivity index (χ4n) is 6.67. The van der Waals surface area contributed by atoms with Crippen molar-refractivity contribution in [2.24, 2.45) is 16.3 Å². The molecule has 0 radical (unpaired) electrons. The number of hydrogen-bond acceptors (Lipinski definition) is 7. The van der Waals surface area contributed by atoms with Crippen molar-refractivity contribution in [3.8, 4) is 5.75 Å². The van der Waals surface area contributed by atoms with Crippen LogP contribution in [0.3, 0.4) is 0 Å². The van der Waals surface area contributed by atoms with Crippen LogP contribution in [0.15, 0.2) is 53.5 Å². The van der Waals surface area contributed by atoms with Gasteiger partial charge in [-0.05, 0) is 73.3 Å². The van der Waals surface area contributed by atoms with Crippen LogP contribution in [0.25, 0.3) is 0 Å². The van der Waals surface area contributed by atoms with Crippen molar-refractivity contribution >= 4 is 17.5 Å². The van der Waals surface area contributed by atoms with Crippen LogP contribution in [-0.4, -0.2) is 55.1 Å². The van der Waals surface area contributed by atoms with Crippen LogP contribution in [0, 0.1) is 11.3 Å². The number of carbonyl (C=O) groups excluding carboxylic acids is 2. The number of H-pyrrole nitrogens is 1. The lowest BCUT2D eigenvalue weighted by Gasteiger charge is -2.48. The van der Waals surface area contributed by atoms with Crippen LogP contribution in [0.5, 0.6) is 5.75 Å². The molecule has 13 heteroatoms. The van der Waals surface area contributed by atoms with Gasteiger partial charge in [-0.2, -0.15) is 5.21 Å². The normalized spacial score (nSPS) is 20.9. The third kappa shape index (κ3) is 7.07. The Balaban J connectivity index is 1.47. The molecule has 10 nitrogen and oxygen atoms in total. The Morgan fingerprint density at radius 2 is 1.85 bits per heavy atom. The molecule has 246 valence electrons. The Hall–Kier alpha value is -4.29. The highest BCUT2D eigenvalue weighted by Crippen LogP contribution is 2.50. The fourth-order valence-corrected chi connectivity index (χ4v) is 6.67. The van der Waals surface area contributed by atoms with Crippen LogP contribution in [0.4, 0.5) is 13.2 Å². The van der Waals surface area contributed by atoms with Crippen molar-refractivity contribution in [2.45, 2.75) is 97.3 Å². The number of tetrazole rings is 1. The zero-order valence-corrected chi connectivity index (χ0v) is 26.5. The van der Waals surface area contributed by atoms with Crippen molar-refractivity contribution in [3.05, 3.63) is 71.0 Å². The lowest BCUT2D eigenvalue weighted by molar-refractivity contribution is -0.274. The van der Waals surface area contributed by atoms with Crippen molar-refractivity contribution in [1.82, 2.24) is 30.8 Å². The summed E-state index contributed by atoms with van der Waals surface area (Å²) in [4.78, 5) is 34.2. The molecule has 2 heterocycles. The van der Waals surface area contributed by atoms with Crippen LogP contribution in [0.1, 0.15) is 106 Å². The standard InChI is InChI=1S/C33H40F3N7O3/c1-5-8-26(21-11-13-22(14-12-21)29(44)37-20-27-39-41-42-40-27)43-30(45)28(23-9-7-10-25(19-23)46-33(34,35)36)38-32(43)17-15-24(16-18-32)31(3,4)6-2/h7,9-14,19,24,26H,5-6,8,15-18,20H2,1-4H3,(H,37,44)(H,39,40,41,42). The first-order valence-corrected chi connectivity index (χ1v) is 15.8. The topological polar surface area (TPSA) is 125 Å². The number of aromatic amines is 1. The van der Waals surface area contributed by atoms with Gasteiger partial charge in [0.1, 0.15) is 17.1 Å². The first-order valence-electron chi connectivity index (χ1n) is 15.8. The smallest absolute Gasteiger partial charge is 0.406 e. The van der Waals surface area contributed by atoms with Crippen molar-refractivity contribution in [3.63, 3.8) is 0 Å². The molecule has 1 aliphatic carbocycles. The number of aromatic nitrogens is 4. The van der Waals surface area contributed by atoms with Crippen LogP contribution >= 0.6 is 0 Å². The molecular formula is C33H40F3N7O3. The van der Waals surface area contributed by atoms with E-state index in [1.54, 1.807) is 18.2 Å². The summed E-state index contributed by atoms with van der Waals surface area (Å²) in [5.74, 6) is -0.218. The number of carbonyl (C=O) groups is 2. The van der Waals surface area contributed by atoms with Gasteiger partial charge in [0.25, 0.3) is 11.8 Å². The average Bonchev–Trinajstić information content (AvgIpc) is 3.65. The van der Waals surface area contributed by atoms with Crippen molar-refractivity contribution in [1.29, 1.82) is 0 Å². The number of aliphatic imine (C=N–C) groups is 1. The first kappa shape index (κ1) is 33.1. The molecule has 2 N–H and O–H groups in total. The van der Waals surface area contributed by atoms with E-state index >= 15 is 0 Å². The predicted octanol–water partition coefficient (Wildman–Crippen LogP) is 6.52. The number of ether oxygens (including phenoxy) is 1. The average molecular weight is 640 g/mol. The first-order chi connectivity index (χ1) is 21.9. The molecule has 0 saturated heterocycles. The summed E-state index contributed by atoms with van der Waals surface area (Å²) < 4.78 is 43.3. The quantitative estimate of drug-likeness (QED) is 0.246. The van der Waals surface area contributed by atoms with E-state index in [1.165, 1.54) is 18.2 Å². The molecule has 0 bridgehead atoms. The van der Waals surface area contributed by atoms with Crippen molar-refractivity contribution < 1.29 is 27.5 Å². The van der Waals surface area contributed by atoms with Crippen LogP contribution in [0.2, 0.25) is 0 Å². The van der Waals surface area contributed by atoms with Gasteiger partial charge in [0.15, 0.2) is 5.82 Å². The fraction of sp³-hybridized carbons (Fsp3) is 0.515. The summed E-state index contributed by atoms with van der Waals surface area (Å²) >= 11 is 0. The van der Waals surface area contributed by atoms with Crippen LogP contribution < -0.4 is 10.1 Å². The highest BCUT2D eigenvalue weighted by atomic mass is 19.4. The Kier molecular flexibility index (Phi) is 9.50. The van der Waals surface area contributed by atoms with E-state index in [0.29, 0.717) is 36.6 Å². The summed E-state index contributed by atoms with van der Waals surface area (Å²) in [6, 6.07) is 12.3. The summed E-state index contributed by atoms with van der Waals surface area (Å²) in [7, 11) is 0. The Bertz CT molecular complexity index is 1550. The Morgan fingerprint density at radius 3 is 2.46 bits per heavy atom. The molecule has 2 aliphatic rings. The molecule has 1 atom stereocenters. The second-order valence-corrected chi connectivity index (χ2v) is 12.7. The number of alkyl halides is 3. The van der Waals surface area contributed by atoms with E-state index in [0.717, 1.165) is 31.2 Å². The second kappa shape index (κ2) is 13.2. The third-order valence-electron chi connectivity index (χ3n) is 9.56. The lowest BCUT2D eigenvalue weighted by atomic mass is 9.67. The molecule has 2 amide bonds. The second-order valence-electron chi connectivity index (χ2n) is 12.7. The molecule has 46 heavy (non-hydrogen) atoms. The molecule has 1 saturated carbocycles. The minimum atomic E-state index is -4.86. The van der Waals surface area contributed by atoms with E-state index in [2.05, 4.69) is 51.4 Å². The minimum Gasteiger partial charge on any atom is -0.406 e. The number of halogens is 3. The van der Waals surface area contributed by atoms with E-state index in [9.17, 15) is 22.8 Å². The number of amides is 2. The summed E-state index contributed by atoms with van der Waals surface area (Å²) in [5.41, 5.74) is 1.01. The predicted molar refractivity (Wildman–Crippen MR) is 165 cm³/mol. The number of rotatable bonds is 11. The number of hydrogen-bond donors (Lipinski definition) is 2. The SMILES string of the molecule is CCCC(c1ccc(C(=O)NCc2nn[nH]n2)cc1)N1C(=O)C(c2cccc(OC(F)(F)F)c2)=NC12CCC(C(C)(C)CC)CC2. The molecule has 1 unspecified atom stereocenters. The zero-order valence-electron chi connectivity index (χ0n) is 26.5. The van der Waals surface area contributed by atoms with E-state index in [-0.39, 0.29) is 41.1 Å². The van der Waals surface area contributed by atoms with E-state index < -0.39 is 17.8 Å². The van der Waals surface area contributed by atoms with Gasteiger partial charge >= 0.3 is 6.36 Å². The largest absolute Gasteiger partial charge is 0.573 e. The third-order valence-corrected chi connectivity index (χ3v) is 9.56. The molecular weight excluding hydrogens is 599 g/mol. The van der Waals surface area contributed by atoms with Gasteiger partial charge in [-0.1, -0.05) is 70.0 Å². The number of benzene rings is 2. The van der Waals surface area contributed by atoms with Gasteiger partial charge in [0.2, 0.25) is 0 Å². The van der Waals surface area contributed by atoms with Gasteiger partial charge < -0.3 is 15.0 Å². The minimum absolute atomic E-state index is 0.117. The van der Waals surface area contributed by atoms with Gasteiger partial charge in [-0.15, -0.1) is 23.4 Å². The highest BCUT2D eigenvalue weighted by molar-refractivity contribution is 6.46. The monoisotopic (exact) mass is 639 g/mol. The molecule has 1 fully saturated rings. The lowest BCUT2D eigenvalue weighted by Crippen LogP contribution is -2.51. The van der Waals surface area contributed by atoms with Gasteiger partial charge in [0, 0.05) is 11.1 Å². The van der Waals surface area contributed by atoms with E-state index in [1.807, 2.05) is 24.0 Å². The highest BCUT2D eigenvalue weighted by Gasteiger charge is 2.52. The van der Waals surface area contributed by atoms with Gasteiger partial charge in [-0.3, -0.25) is 14.6 Å². The number of nitrogens with one attached hydrogen (secondary N) is 2. The molecule has 2 aromatic carbocycles. The van der Waals surface area contributed by atoms with Gasteiger partial charge in [-0.25, -0.2) is 0 Å². The summed E-state index contributed by atoms with van der Waals surface area (Å²) in [5, 5.41) is 16.3. The molecule has 1 spiro atoms. The number of nitrogens with zero attached hydrogens (tertiary/aromatic N) is 5. The maximum Gasteiger partial charge on any atom is 0.573 e. The summed E-state index contributed by atoms with van der Waals surface area (Å²) in [6.45, 7) is 8.89. The summed E-state index contributed by atoms with van der Waals surface area (Å²) in [6.07, 6.45) is 0.612. The Morgan fingerprint density at radius 1 is 1.13 bits per heavy atom. The van der Waals surface area contributed by atoms with Crippen LogP contribution in [-0.2, 0) is 11.3 Å². The molecule has 3 aromatic rings. The maximum absolute atomic E-state index is 14.4.